The highest BCUT2D eigenvalue weighted by molar-refractivity contribution is 5.89. The van der Waals surface area contributed by atoms with Crippen LogP contribution < -0.4 is 0 Å². The molecule has 2 unspecified atom stereocenters. The molecule has 2 atom stereocenters. The highest BCUT2D eigenvalue weighted by Gasteiger charge is 2.50. The first kappa shape index (κ1) is 13.3. The number of aliphatic carboxylic acids is 1. The number of nitrogens with zero attached hydrogens (tertiary/aromatic N) is 2. The predicted octanol–water partition coefficient (Wildman–Crippen LogP) is 0.794. The van der Waals surface area contributed by atoms with E-state index in [0.717, 1.165) is 25.9 Å². The molecule has 0 bridgehead atoms. The fourth-order valence-electron chi connectivity index (χ4n) is 3.30. The molecule has 18 heavy (non-hydrogen) atoms. The Hall–Kier alpha value is -1.10. The van der Waals surface area contributed by atoms with Gasteiger partial charge in [-0.05, 0) is 39.3 Å². The maximum absolute atomic E-state index is 12.5. The Morgan fingerprint density at radius 2 is 2.11 bits per heavy atom. The molecule has 2 saturated heterocycles. The largest absolute Gasteiger partial charge is 0.479 e. The summed E-state index contributed by atoms with van der Waals surface area (Å²) in [6.45, 7) is 4.14. The Labute approximate surface area is 108 Å². The van der Waals surface area contributed by atoms with Crippen molar-refractivity contribution in [3.8, 4) is 0 Å². The molecule has 0 aromatic carbocycles. The standard InChI is InChI=1S/C13H22N2O3/c1-3-13(12(17)18)6-4-7-15(13)11(16)10-5-8-14(2)9-10/h10H,3-9H2,1-2H3,(H,17,18). The smallest absolute Gasteiger partial charge is 0.329 e. The molecular formula is C13H22N2O3. The van der Waals surface area contributed by atoms with Crippen LogP contribution in [0.25, 0.3) is 0 Å². The Kier molecular flexibility index (Phi) is 3.61. The van der Waals surface area contributed by atoms with E-state index in [1.165, 1.54) is 0 Å². The van der Waals surface area contributed by atoms with E-state index in [2.05, 4.69) is 4.90 Å². The molecule has 0 aliphatic carbocycles. The van der Waals surface area contributed by atoms with E-state index in [9.17, 15) is 14.7 Å². The maximum Gasteiger partial charge on any atom is 0.329 e. The van der Waals surface area contributed by atoms with Gasteiger partial charge in [-0.25, -0.2) is 4.79 Å². The summed E-state index contributed by atoms with van der Waals surface area (Å²) in [5.41, 5.74) is -0.946. The van der Waals surface area contributed by atoms with Crippen molar-refractivity contribution in [2.45, 2.75) is 38.1 Å². The van der Waals surface area contributed by atoms with Gasteiger partial charge in [0.1, 0.15) is 5.54 Å². The first-order valence-corrected chi connectivity index (χ1v) is 6.74. The molecule has 0 aromatic rings. The first-order chi connectivity index (χ1) is 8.51. The minimum Gasteiger partial charge on any atom is -0.479 e. The van der Waals surface area contributed by atoms with Crippen LogP contribution in [-0.2, 0) is 9.59 Å². The second kappa shape index (κ2) is 4.88. The summed E-state index contributed by atoms with van der Waals surface area (Å²) in [5.74, 6) is -0.818. The normalized spacial score (nSPS) is 33.0. The SMILES string of the molecule is CCC1(C(=O)O)CCCN1C(=O)C1CCN(C)C1. The number of carbonyl (C=O) groups excluding carboxylic acids is 1. The average molecular weight is 254 g/mol. The van der Waals surface area contributed by atoms with Gasteiger partial charge in [0.25, 0.3) is 0 Å². The zero-order valence-corrected chi connectivity index (χ0v) is 11.2. The van der Waals surface area contributed by atoms with Crippen molar-refractivity contribution in [2.75, 3.05) is 26.7 Å². The van der Waals surface area contributed by atoms with Crippen LogP contribution in [0.5, 0.6) is 0 Å². The van der Waals surface area contributed by atoms with Gasteiger partial charge in [-0.1, -0.05) is 6.92 Å². The van der Waals surface area contributed by atoms with Gasteiger partial charge >= 0.3 is 5.97 Å². The van der Waals surface area contributed by atoms with Gasteiger partial charge in [-0.15, -0.1) is 0 Å². The number of carboxylic acid groups (broad SMARTS) is 1. The van der Waals surface area contributed by atoms with Crippen LogP contribution in [0, 0.1) is 5.92 Å². The number of hydrogen-bond acceptors (Lipinski definition) is 3. The molecule has 2 aliphatic heterocycles. The van der Waals surface area contributed by atoms with Crippen LogP contribution in [0.1, 0.15) is 32.6 Å². The summed E-state index contributed by atoms with van der Waals surface area (Å²) < 4.78 is 0. The van der Waals surface area contributed by atoms with Crippen LogP contribution in [-0.4, -0.2) is 59.0 Å². The second-order valence-corrected chi connectivity index (χ2v) is 5.53. The van der Waals surface area contributed by atoms with E-state index in [4.69, 9.17) is 0 Å². The second-order valence-electron chi connectivity index (χ2n) is 5.53. The van der Waals surface area contributed by atoms with Gasteiger partial charge in [0, 0.05) is 13.1 Å². The van der Waals surface area contributed by atoms with E-state index < -0.39 is 11.5 Å². The number of likely N-dealkylation sites (tertiary alicyclic amines) is 2. The molecular weight excluding hydrogens is 232 g/mol. The molecule has 102 valence electrons. The third-order valence-electron chi connectivity index (χ3n) is 4.48. The molecule has 2 aliphatic rings. The predicted molar refractivity (Wildman–Crippen MR) is 67.2 cm³/mol. The fourth-order valence-corrected chi connectivity index (χ4v) is 3.30. The quantitative estimate of drug-likeness (QED) is 0.809. The van der Waals surface area contributed by atoms with Crippen LogP contribution in [0.3, 0.4) is 0 Å². The number of carbonyl (C=O) groups is 2. The van der Waals surface area contributed by atoms with Crippen molar-refractivity contribution < 1.29 is 14.7 Å². The summed E-state index contributed by atoms with van der Waals surface area (Å²) in [4.78, 5) is 27.8. The maximum atomic E-state index is 12.5. The van der Waals surface area contributed by atoms with Gasteiger partial charge in [0.2, 0.25) is 5.91 Å². The number of carboxylic acids is 1. The molecule has 2 rings (SSSR count). The zero-order valence-electron chi connectivity index (χ0n) is 11.2. The molecule has 5 nitrogen and oxygen atoms in total. The number of hydrogen-bond donors (Lipinski definition) is 1. The van der Waals surface area contributed by atoms with Crippen molar-refractivity contribution in [1.82, 2.24) is 9.80 Å². The molecule has 0 aromatic heterocycles. The minimum atomic E-state index is -0.946. The lowest BCUT2D eigenvalue weighted by Gasteiger charge is -2.35. The summed E-state index contributed by atoms with van der Waals surface area (Å²) in [5, 5.41) is 9.47. The Bertz CT molecular complexity index is 358. The monoisotopic (exact) mass is 254 g/mol. The van der Waals surface area contributed by atoms with Gasteiger partial charge in [0.15, 0.2) is 0 Å². The van der Waals surface area contributed by atoms with E-state index in [-0.39, 0.29) is 11.8 Å². The third kappa shape index (κ3) is 2.00. The molecule has 0 spiro atoms. The molecule has 5 heteroatoms. The van der Waals surface area contributed by atoms with Gasteiger partial charge in [0.05, 0.1) is 5.92 Å². The molecule has 1 amide bonds. The van der Waals surface area contributed by atoms with E-state index in [1.807, 2.05) is 14.0 Å². The van der Waals surface area contributed by atoms with Crippen molar-refractivity contribution in [1.29, 1.82) is 0 Å². The first-order valence-electron chi connectivity index (χ1n) is 6.74. The fraction of sp³-hybridized carbons (Fsp3) is 0.846. The lowest BCUT2D eigenvalue weighted by Crippen LogP contribution is -2.54. The van der Waals surface area contributed by atoms with Crippen molar-refractivity contribution in [3.63, 3.8) is 0 Å². The summed E-state index contributed by atoms with van der Waals surface area (Å²) in [6, 6.07) is 0. The van der Waals surface area contributed by atoms with Crippen molar-refractivity contribution in [3.05, 3.63) is 0 Å². The van der Waals surface area contributed by atoms with Crippen molar-refractivity contribution >= 4 is 11.9 Å². The summed E-state index contributed by atoms with van der Waals surface area (Å²) in [6.07, 6.45) is 2.74. The number of amides is 1. The summed E-state index contributed by atoms with van der Waals surface area (Å²) >= 11 is 0. The number of rotatable bonds is 3. The lowest BCUT2D eigenvalue weighted by atomic mass is 9.91. The van der Waals surface area contributed by atoms with E-state index in [0.29, 0.717) is 19.4 Å². The minimum absolute atomic E-state index is 0.0154. The third-order valence-corrected chi connectivity index (χ3v) is 4.48. The van der Waals surface area contributed by atoms with E-state index >= 15 is 0 Å². The van der Waals surface area contributed by atoms with Gasteiger partial charge in [-0.3, -0.25) is 4.79 Å². The van der Waals surface area contributed by atoms with Gasteiger partial charge in [-0.2, -0.15) is 0 Å². The van der Waals surface area contributed by atoms with E-state index in [1.54, 1.807) is 4.90 Å². The molecule has 2 heterocycles. The Balaban J connectivity index is 2.16. The Morgan fingerprint density at radius 1 is 1.39 bits per heavy atom. The highest BCUT2D eigenvalue weighted by Crippen LogP contribution is 2.35. The topological polar surface area (TPSA) is 60.9 Å². The highest BCUT2D eigenvalue weighted by atomic mass is 16.4. The molecule has 0 saturated carbocycles. The van der Waals surface area contributed by atoms with Crippen LogP contribution in [0.2, 0.25) is 0 Å². The van der Waals surface area contributed by atoms with Gasteiger partial charge < -0.3 is 14.9 Å². The van der Waals surface area contributed by atoms with Crippen LogP contribution in [0.4, 0.5) is 0 Å². The van der Waals surface area contributed by atoms with Crippen LogP contribution in [0.15, 0.2) is 0 Å². The molecule has 0 radical (unpaired) electrons. The lowest BCUT2D eigenvalue weighted by molar-refractivity contribution is -0.158. The Morgan fingerprint density at radius 3 is 2.61 bits per heavy atom. The zero-order chi connectivity index (χ0) is 13.3. The molecule has 1 N–H and O–H groups in total. The molecule has 2 fully saturated rings. The van der Waals surface area contributed by atoms with Crippen LogP contribution >= 0.6 is 0 Å². The average Bonchev–Trinajstić information content (AvgIpc) is 2.94. The summed E-state index contributed by atoms with van der Waals surface area (Å²) in [7, 11) is 2.00. The van der Waals surface area contributed by atoms with Crippen molar-refractivity contribution in [2.24, 2.45) is 5.92 Å².